The molecule has 0 saturated carbocycles. The summed E-state index contributed by atoms with van der Waals surface area (Å²) in [6.45, 7) is 1.67. The molecule has 1 saturated heterocycles. The number of carbonyl (C=O) groups excluding carboxylic acids is 1. The second-order valence-electron chi connectivity index (χ2n) is 9.23. The molecule has 0 bridgehead atoms. The molecule has 7 nitrogen and oxygen atoms in total. The third kappa shape index (κ3) is 5.43. The van der Waals surface area contributed by atoms with Crippen LogP contribution in [0.2, 0.25) is 5.02 Å². The largest absolute Gasteiger partial charge is 0.435 e. The first kappa shape index (κ1) is 29.1. The van der Waals surface area contributed by atoms with Gasteiger partial charge in [0.15, 0.2) is 0 Å². The maximum atomic E-state index is 14.7. The highest BCUT2D eigenvalue weighted by molar-refractivity contribution is 7.88. The van der Waals surface area contributed by atoms with Crippen molar-refractivity contribution in [1.82, 2.24) is 9.62 Å². The molecule has 1 atom stereocenters. The molecule has 212 valence electrons. The van der Waals surface area contributed by atoms with Gasteiger partial charge in [-0.3, -0.25) is 4.79 Å². The van der Waals surface area contributed by atoms with Gasteiger partial charge in [0.1, 0.15) is 5.82 Å². The molecule has 0 aromatic heterocycles. The normalized spacial score (nSPS) is 20.8. The average Bonchev–Trinajstić information content (AvgIpc) is 3.22. The van der Waals surface area contributed by atoms with Crippen LogP contribution in [-0.4, -0.2) is 55.9 Å². The predicted molar refractivity (Wildman–Crippen MR) is 125 cm³/mol. The van der Waals surface area contributed by atoms with Crippen molar-refractivity contribution in [2.24, 2.45) is 5.16 Å². The van der Waals surface area contributed by atoms with Crippen LogP contribution in [-0.2, 0) is 26.6 Å². The lowest BCUT2D eigenvalue weighted by atomic mass is 9.85. The number of nitrogens with zero attached hydrogens (tertiary/aromatic N) is 2. The first-order chi connectivity index (χ1) is 17.8. The zero-order valence-electron chi connectivity index (χ0n) is 20.0. The van der Waals surface area contributed by atoms with Crippen molar-refractivity contribution in [3.63, 3.8) is 0 Å². The van der Waals surface area contributed by atoms with E-state index in [0.29, 0.717) is 5.56 Å². The third-order valence-corrected chi connectivity index (χ3v) is 7.94. The average molecular weight is 602 g/mol. The van der Waals surface area contributed by atoms with Gasteiger partial charge in [-0.25, -0.2) is 12.8 Å². The van der Waals surface area contributed by atoms with Gasteiger partial charge >= 0.3 is 12.4 Å². The maximum Gasteiger partial charge on any atom is 0.435 e. The summed E-state index contributed by atoms with van der Waals surface area (Å²) < 4.78 is 121. The maximum absolute atomic E-state index is 14.7. The summed E-state index contributed by atoms with van der Waals surface area (Å²) in [7, 11) is -3.39. The van der Waals surface area contributed by atoms with Gasteiger partial charge in [0, 0.05) is 24.2 Å². The van der Waals surface area contributed by atoms with Gasteiger partial charge in [-0.15, -0.1) is 0 Å². The van der Waals surface area contributed by atoms with Crippen molar-refractivity contribution in [2.75, 3.05) is 19.3 Å². The fraction of sp³-hybridized carbons (Fsp3) is 0.391. The summed E-state index contributed by atoms with van der Waals surface area (Å²) in [5.74, 6) is -2.28. The lowest BCUT2D eigenvalue weighted by molar-refractivity contribution is -0.276. The zero-order chi connectivity index (χ0) is 29.1. The van der Waals surface area contributed by atoms with E-state index >= 15 is 0 Å². The van der Waals surface area contributed by atoms with E-state index in [-0.39, 0.29) is 42.1 Å². The van der Waals surface area contributed by atoms with Gasteiger partial charge in [-0.2, -0.15) is 30.6 Å². The number of hydrogen-bond acceptors (Lipinski definition) is 5. The first-order valence-corrected chi connectivity index (χ1v) is 13.3. The minimum atomic E-state index is -5.40. The number of amides is 1. The molecule has 16 heteroatoms. The van der Waals surface area contributed by atoms with Gasteiger partial charge in [-0.05, 0) is 42.3 Å². The van der Waals surface area contributed by atoms with E-state index < -0.39 is 68.3 Å². The summed E-state index contributed by atoms with van der Waals surface area (Å²) in [6, 6.07) is 3.62. The molecule has 1 N–H and O–H groups in total. The standard InChI is InChI=1S/C23H19ClF7N3O4S/c1-11-5-12(3-4-15(11)20(35)32-14-9-34(10-14)39(2,36)37)18-8-21(38-33-18,23(29,30)31)16-6-13(22(26,27)28)7-17(24)19(16)25/h3-7,14H,8-10H2,1-2H3,(H,32,35). The van der Waals surface area contributed by atoms with E-state index in [1.807, 2.05) is 0 Å². The van der Waals surface area contributed by atoms with Crippen LogP contribution >= 0.6 is 11.6 Å². The second kappa shape index (κ2) is 9.63. The lowest BCUT2D eigenvalue weighted by Crippen LogP contribution is -2.60. The highest BCUT2D eigenvalue weighted by Crippen LogP contribution is 2.51. The van der Waals surface area contributed by atoms with Crippen LogP contribution in [0, 0.1) is 12.7 Å². The van der Waals surface area contributed by atoms with E-state index in [2.05, 4.69) is 15.3 Å². The van der Waals surface area contributed by atoms with Crippen LogP contribution in [0.1, 0.15) is 39.0 Å². The number of rotatable bonds is 5. The summed E-state index contributed by atoms with van der Waals surface area (Å²) in [6.07, 6.45) is -10.6. The molecule has 2 aliphatic heterocycles. The predicted octanol–water partition coefficient (Wildman–Crippen LogP) is 4.76. The molecule has 2 heterocycles. The quantitative estimate of drug-likeness (QED) is 0.501. The fourth-order valence-corrected chi connectivity index (χ4v) is 5.37. The topological polar surface area (TPSA) is 88.1 Å². The summed E-state index contributed by atoms with van der Waals surface area (Å²) in [5.41, 5.74) is -6.49. The molecule has 2 aromatic carbocycles. The van der Waals surface area contributed by atoms with Gasteiger partial charge in [0.25, 0.3) is 11.5 Å². The molecule has 0 spiro atoms. The summed E-state index contributed by atoms with van der Waals surface area (Å²) in [4.78, 5) is 17.3. The Labute approximate surface area is 222 Å². The number of nitrogens with one attached hydrogen (secondary N) is 1. The molecule has 0 radical (unpaired) electrons. The fourth-order valence-electron chi connectivity index (χ4n) is 4.25. The zero-order valence-corrected chi connectivity index (χ0v) is 21.6. The van der Waals surface area contributed by atoms with Crippen LogP contribution < -0.4 is 5.32 Å². The van der Waals surface area contributed by atoms with Gasteiger partial charge in [0.2, 0.25) is 10.0 Å². The third-order valence-electron chi connectivity index (χ3n) is 6.43. The van der Waals surface area contributed by atoms with E-state index in [1.165, 1.54) is 29.4 Å². The van der Waals surface area contributed by atoms with Crippen molar-refractivity contribution < 1.29 is 48.8 Å². The second-order valence-corrected chi connectivity index (χ2v) is 11.6. The Morgan fingerprint density at radius 1 is 1.15 bits per heavy atom. The SMILES string of the molecule is Cc1cc(C2=NOC(c3cc(C(F)(F)F)cc(Cl)c3F)(C(F)(F)F)C2)ccc1C(=O)NC1CN(S(C)(=O)=O)C1. The van der Waals surface area contributed by atoms with Crippen LogP contribution in [0.4, 0.5) is 30.7 Å². The van der Waals surface area contributed by atoms with Gasteiger partial charge in [-0.1, -0.05) is 22.8 Å². The molecule has 2 aliphatic rings. The molecular formula is C23H19ClF7N3O4S. The van der Waals surface area contributed by atoms with Crippen LogP contribution in [0.25, 0.3) is 0 Å². The van der Waals surface area contributed by atoms with Crippen molar-refractivity contribution >= 4 is 33.2 Å². The van der Waals surface area contributed by atoms with Crippen molar-refractivity contribution in [3.05, 3.63) is 69.0 Å². The number of benzene rings is 2. The van der Waals surface area contributed by atoms with Crippen LogP contribution in [0.5, 0.6) is 0 Å². The Hall–Kier alpha value is -2.91. The monoisotopic (exact) mass is 601 g/mol. The van der Waals surface area contributed by atoms with Crippen LogP contribution in [0.15, 0.2) is 35.5 Å². The molecular weight excluding hydrogens is 583 g/mol. The first-order valence-electron chi connectivity index (χ1n) is 11.1. The van der Waals surface area contributed by atoms with Crippen molar-refractivity contribution in [2.45, 2.75) is 37.3 Å². The van der Waals surface area contributed by atoms with Crippen molar-refractivity contribution in [1.29, 1.82) is 0 Å². The van der Waals surface area contributed by atoms with E-state index in [9.17, 15) is 43.9 Å². The Balaban J connectivity index is 1.59. The molecule has 4 rings (SSSR count). The minimum absolute atomic E-state index is 0.00277. The molecule has 1 fully saturated rings. The number of carbonyl (C=O) groups is 1. The van der Waals surface area contributed by atoms with E-state index in [1.54, 1.807) is 0 Å². The molecule has 1 unspecified atom stereocenters. The highest BCUT2D eigenvalue weighted by Gasteiger charge is 2.64. The number of hydrogen-bond donors (Lipinski definition) is 1. The Bertz CT molecular complexity index is 1470. The van der Waals surface area contributed by atoms with Crippen LogP contribution in [0.3, 0.4) is 0 Å². The van der Waals surface area contributed by atoms with Crippen molar-refractivity contribution in [3.8, 4) is 0 Å². The Kier molecular flexibility index (Phi) is 7.18. The number of oxime groups is 1. The summed E-state index contributed by atoms with van der Waals surface area (Å²) in [5, 5.41) is 4.91. The molecule has 2 aromatic rings. The van der Waals surface area contributed by atoms with E-state index in [0.717, 1.165) is 6.26 Å². The smallest absolute Gasteiger partial charge is 0.374 e. The number of sulfonamides is 1. The summed E-state index contributed by atoms with van der Waals surface area (Å²) >= 11 is 5.51. The number of halogens is 8. The van der Waals surface area contributed by atoms with Gasteiger partial charge in [0.05, 0.1) is 35.0 Å². The number of alkyl halides is 6. The Morgan fingerprint density at radius 3 is 2.33 bits per heavy atom. The molecule has 39 heavy (non-hydrogen) atoms. The minimum Gasteiger partial charge on any atom is -0.374 e. The van der Waals surface area contributed by atoms with Gasteiger partial charge < -0.3 is 10.2 Å². The van der Waals surface area contributed by atoms with E-state index in [4.69, 9.17) is 11.6 Å². The molecule has 0 aliphatic carbocycles. The number of aryl methyl sites for hydroxylation is 1. The molecule has 1 amide bonds. The Morgan fingerprint density at radius 2 is 1.79 bits per heavy atom. The highest BCUT2D eigenvalue weighted by atomic mass is 35.5. The lowest BCUT2D eigenvalue weighted by Gasteiger charge is -2.37.